The summed E-state index contributed by atoms with van der Waals surface area (Å²) in [5, 5.41) is 0. The average molecular weight is 492 g/mol. The maximum atomic E-state index is 13.6. The summed E-state index contributed by atoms with van der Waals surface area (Å²) in [5.41, 5.74) is 0.217. The molecule has 1 aliphatic carbocycles. The average Bonchev–Trinajstić information content (AvgIpc) is 3.55. The number of benzene rings is 1. The first-order valence-corrected chi connectivity index (χ1v) is 12.3. The van der Waals surface area contributed by atoms with Crippen LogP contribution >= 0.6 is 0 Å². The van der Waals surface area contributed by atoms with Crippen LogP contribution in [-0.2, 0) is 18.3 Å². The van der Waals surface area contributed by atoms with Crippen molar-refractivity contribution in [1.29, 1.82) is 0 Å². The highest BCUT2D eigenvalue weighted by molar-refractivity contribution is 5.95. The Morgan fingerprint density at radius 1 is 1.03 bits per heavy atom. The molecule has 190 valence electrons. The standard InChI is InChI=1S/C26H32F3N3O3/c1-17(2)35-20-7-4-18(16-21(20)34-3)24(33)30-12-10-25(11-13-30)22-8-9-23(26(27,28)29)31(22)14-15-32(25)19-5-6-19/h4,7-9,16-17,19H,5-6,10-15H2,1-3H3. The van der Waals surface area contributed by atoms with Gasteiger partial charge in [0.1, 0.15) is 5.69 Å². The number of nitrogens with zero attached hydrogens (tertiary/aromatic N) is 3. The van der Waals surface area contributed by atoms with E-state index >= 15 is 0 Å². The van der Waals surface area contributed by atoms with Gasteiger partial charge in [-0.15, -0.1) is 0 Å². The molecule has 1 saturated heterocycles. The molecule has 3 heterocycles. The van der Waals surface area contributed by atoms with Crippen LogP contribution in [0.15, 0.2) is 30.3 Å². The predicted octanol–water partition coefficient (Wildman–Crippen LogP) is 4.91. The third kappa shape index (κ3) is 4.28. The van der Waals surface area contributed by atoms with Gasteiger partial charge in [-0.2, -0.15) is 13.2 Å². The minimum atomic E-state index is -4.37. The molecule has 6 nitrogen and oxygen atoms in total. The minimum absolute atomic E-state index is 0.0227. The van der Waals surface area contributed by atoms with E-state index in [9.17, 15) is 18.0 Å². The molecule has 2 aromatic rings. The number of methoxy groups -OCH3 is 1. The van der Waals surface area contributed by atoms with Gasteiger partial charge in [-0.25, -0.2) is 0 Å². The number of piperidine rings is 1. The van der Waals surface area contributed by atoms with Crippen LogP contribution in [0.4, 0.5) is 13.2 Å². The Labute approximate surface area is 203 Å². The fourth-order valence-corrected chi connectivity index (χ4v) is 5.81. The molecule has 3 aliphatic rings. The maximum absolute atomic E-state index is 13.6. The maximum Gasteiger partial charge on any atom is 0.431 e. The lowest BCUT2D eigenvalue weighted by Crippen LogP contribution is -2.58. The Bertz CT molecular complexity index is 1100. The van der Waals surface area contributed by atoms with E-state index in [1.165, 1.54) is 10.6 Å². The number of likely N-dealkylation sites (tertiary alicyclic amines) is 1. The molecule has 1 amide bonds. The van der Waals surface area contributed by atoms with Crippen molar-refractivity contribution in [2.24, 2.45) is 0 Å². The van der Waals surface area contributed by atoms with Gasteiger partial charge in [0.2, 0.25) is 0 Å². The molecule has 1 spiro atoms. The first-order valence-electron chi connectivity index (χ1n) is 12.3. The molecular weight excluding hydrogens is 459 g/mol. The number of amides is 1. The number of alkyl halides is 3. The van der Waals surface area contributed by atoms with Gasteiger partial charge in [0.05, 0.1) is 18.8 Å². The fourth-order valence-electron chi connectivity index (χ4n) is 5.81. The molecule has 35 heavy (non-hydrogen) atoms. The lowest BCUT2D eigenvalue weighted by molar-refractivity contribution is -0.145. The molecule has 0 atom stereocenters. The van der Waals surface area contributed by atoms with Crippen LogP contribution in [0.25, 0.3) is 0 Å². The summed E-state index contributed by atoms with van der Waals surface area (Å²) in [6.07, 6.45) is -0.998. The van der Waals surface area contributed by atoms with E-state index in [0.29, 0.717) is 62.1 Å². The number of fused-ring (bicyclic) bond motifs is 2. The summed E-state index contributed by atoms with van der Waals surface area (Å²) >= 11 is 0. The van der Waals surface area contributed by atoms with Gasteiger partial charge in [0, 0.05) is 43.5 Å². The lowest BCUT2D eigenvalue weighted by Gasteiger charge is -2.52. The van der Waals surface area contributed by atoms with Crippen molar-refractivity contribution >= 4 is 5.91 Å². The topological polar surface area (TPSA) is 46.9 Å². The van der Waals surface area contributed by atoms with Gasteiger partial charge < -0.3 is 18.9 Å². The second kappa shape index (κ2) is 8.76. The number of hydrogen-bond donors (Lipinski definition) is 0. The van der Waals surface area contributed by atoms with Gasteiger partial charge in [0.15, 0.2) is 11.5 Å². The van der Waals surface area contributed by atoms with Gasteiger partial charge in [0.25, 0.3) is 5.91 Å². The van der Waals surface area contributed by atoms with Crippen molar-refractivity contribution in [3.63, 3.8) is 0 Å². The fraction of sp³-hybridized carbons (Fsp3) is 0.577. The highest BCUT2D eigenvalue weighted by Crippen LogP contribution is 2.48. The van der Waals surface area contributed by atoms with Crippen molar-refractivity contribution in [2.45, 2.75) is 69.9 Å². The summed E-state index contributed by atoms with van der Waals surface area (Å²) in [4.78, 5) is 17.6. The number of carbonyl (C=O) groups is 1. The molecule has 0 unspecified atom stereocenters. The van der Waals surface area contributed by atoms with Crippen molar-refractivity contribution in [3.05, 3.63) is 47.3 Å². The largest absolute Gasteiger partial charge is 0.493 e. The van der Waals surface area contributed by atoms with Crippen molar-refractivity contribution in [3.8, 4) is 11.5 Å². The Hall–Kier alpha value is -2.68. The molecule has 0 N–H and O–H groups in total. The third-order valence-electron chi connectivity index (χ3n) is 7.50. The zero-order chi connectivity index (χ0) is 25.0. The number of hydrogen-bond acceptors (Lipinski definition) is 4. The molecule has 2 fully saturated rings. The number of ether oxygens (including phenoxy) is 2. The summed E-state index contributed by atoms with van der Waals surface area (Å²) in [7, 11) is 1.54. The molecule has 2 aliphatic heterocycles. The van der Waals surface area contributed by atoms with Crippen LogP contribution in [0.1, 0.15) is 61.3 Å². The first-order chi connectivity index (χ1) is 16.6. The highest BCUT2D eigenvalue weighted by Gasteiger charge is 2.52. The molecular formula is C26H32F3N3O3. The quantitative estimate of drug-likeness (QED) is 0.596. The number of carbonyl (C=O) groups excluding carboxylic acids is 1. The van der Waals surface area contributed by atoms with E-state index in [1.54, 1.807) is 36.3 Å². The van der Waals surface area contributed by atoms with Crippen LogP contribution in [0, 0.1) is 0 Å². The minimum Gasteiger partial charge on any atom is -0.493 e. The monoisotopic (exact) mass is 491 g/mol. The first kappa shape index (κ1) is 24.0. The summed E-state index contributed by atoms with van der Waals surface area (Å²) in [6, 6.07) is 8.49. The molecule has 1 aromatic carbocycles. The van der Waals surface area contributed by atoms with E-state index in [-0.39, 0.29) is 12.0 Å². The molecule has 9 heteroatoms. The Morgan fingerprint density at radius 3 is 2.34 bits per heavy atom. The SMILES string of the molecule is COc1cc(C(=O)N2CCC3(CC2)c2ccc(C(F)(F)F)n2CCN3C2CC2)ccc1OC(C)C. The molecule has 1 saturated carbocycles. The van der Waals surface area contributed by atoms with Crippen molar-refractivity contribution in [1.82, 2.24) is 14.4 Å². The van der Waals surface area contributed by atoms with Gasteiger partial charge >= 0.3 is 6.18 Å². The van der Waals surface area contributed by atoms with Crippen LogP contribution in [0.3, 0.4) is 0 Å². The van der Waals surface area contributed by atoms with E-state index < -0.39 is 17.4 Å². The van der Waals surface area contributed by atoms with Crippen molar-refractivity contribution in [2.75, 3.05) is 26.7 Å². The molecule has 0 radical (unpaired) electrons. The highest BCUT2D eigenvalue weighted by atomic mass is 19.4. The zero-order valence-corrected chi connectivity index (χ0v) is 20.4. The summed E-state index contributed by atoms with van der Waals surface area (Å²) in [5.74, 6) is 0.984. The molecule has 0 bridgehead atoms. The van der Waals surface area contributed by atoms with E-state index in [4.69, 9.17) is 9.47 Å². The van der Waals surface area contributed by atoms with Gasteiger partial charge in [-0.05, 0) is 69.9 Å². The number of halogens is 3. The second-order valence-electron chi connectivity index (χ2n) is 10.0. The Balaban J connectivity index is 1.38. The van der Waals surface area contributed by atoms with Crippen molar-refractivity contribution < 1.29 is 27.4 Å². The zero-order valence-electron chi connectivity index (χ0n) is 20.4. The van der Waals surface area contributed by atoms with Crippen LogP contribution in [-0.4, -0.2) is 59.2 Å². The third-order valence-corrected chi connectivity index (χ3v) is 7.50. The normalized spacial score (nSPS) is 20.3. The van der Waals surface area contributed by atoms with E-state index in [0.717, 1.165) is 18.5 Å². The second-order valence-corrected chi connectivity index (χ2v) is 10.0. The summed E-state index contributed by atoms with van der Waals surface area (Å²) in [6.45, 7) is 5.78. The predicted molar refractivity (Wildman–Crippen MR) is 125 cm³/mol. The Kier molecular flexibility index (Phi) is 6.02. The van der Waals surface area contributed by atoms with Gasteiger partial charge in [-0.1, -0.05) is 0 Å². The number of rotatable bonds is 5. The molecule has 1 aromatic heterocycles. The van der Waals surface area contributed by atoms with E-state index in [2.05, 4.69) is 4.90 Å². The Morgan fingerprint density at radius 2 is 1.74 bits per heavy atom. The summed E-state index contributed by atoms with van der Waals surface area (Å²) < 4.78 is 53.6. The van der Waals surface area contributed by atoms with Crippen LogP contribution in [0.2, 0.25) is 0 Å². The lowest BCUT2D eigenvalue weighted by atomic mass is 9.80. The number of aromatic nitrogens is 1. The van der Waals surface area contributed by atoms with Crippen LogP contribution in [0.5, 0.6) is 11.5 Å². The van der Waals surface area contributed by atoms with Gasteiger partial charge in [-0.3, -0.25) is 9.69 Å². The van der Waals surface area contributed by atoms with E-state index in [1.807, 2.05) is 13.8 Å². The smallest absolute Gasteiger partial charge is 0.431 e. The molecule has 5 rings (SSSR count). The van der Waals surface area contributed by atoms with Crippen LogP contribution < -0.4 is 9.47 Å².